The lowest BCUT2D eigenvalue weighted by molar-refractivity contribution is -0.151. The molecule has 3 atom stereocenters. The number of methoxy groups -OCH3 is 1. The van der Waals surface area contributed by atoms with Crippen LogP contribution in [-0.2, 0) is 20.7 Å². The normalized spacial score (nSPS) is 22.2. The monoisotopic (exact) mass is 482 g/mol. The van der Waals surface area contributed by atoms with Crippen molar-refractivity contribution in [2.75, 3.05) is 20.2 Å². The molecule has 0 bridgehead atoms. The molecule has 186 valence electrons. The molecule has 3 unspecified atom stereocenters. The van der Waals surface area contributed by atoms with E-state index in [2.05, 4.69) is 29.2 Å². The minimum Gasteiger partial charge on any atom is -0.467 e. The Morgan fingerprint density at radius 1 is 0.889 bits per heavy atom. The summed E-state index contributed by atoms with van der Waals surface area (Å²) in [7, 11) is 1.41. The van der Waals surface area contributed by atoms with Gasteiger partial charge in [0, 0.05) is 18.6 Å². The van der Waals surface area contributed by atoms with Crippen LogP contribution in [0.15, 0.2) is 91.0 Å². The zero-order valence-electron chi connectivity index (χ0n) is 20.8. The Balaban J connectivity index is 1.42. The van der Waals surface area contributed by atoms with Gasteiger partial charge in [-0.3, -0.25) is 9.69 Å². The Kier molecular flexibility index (Phi) is 7.47. The van der Waals surface area contributed by atoms with Crippen molar-refractivity contribution < 1.29 is 14.3 Å². The minimum absolute atomic E-state index is 0.0379. The SMILES string of the molecule is COC(=O)C1CC(N2CCCC2Cc2ccccc2)CN1C(=O)C(c1ccccc1)c1ccccc1. The molecule has 36 heavy (non-hydrogen) atoms. The second kappa shape index (κ2) is 11.1. The lowest BCUT2D eigenvalue weighted by Crippen LogP contribution is -2.45. The molecule has 0 radical (unpaired) electrons. The van der Waals surface area contributed by atoms with Gasteiger partial charge in [0.15, 0.2) is 0 Å². The van der Waals surface area contributed by atoms with E-state index >= 15 is 0 Å². The van der Waals surface area contributed by atoms with Gasteiger partial charge in [0.1, 0.15) is 6.04 Å². The highest BCUT2D eigenvalue weighted by Gasteiger charge is 2.46. The second-order valence-electron chi connectivity index (χ2n) is 9.90. The van der Waals surface area contributed by atoms with Crippen LogP contribution in [0.5, 0.6) is 0 Å². The molecule has 3 aromatic rings. The molecular formula is C31H34N2O3. The molecule has 0 saturated carbocycles. The maximum absolute atomic E-state index is 14.2. The molecule has 3 aromatic carbocycles. The van der Waals surface area contributed by atoms with Gasteiger partial charge in [-0.05, 0) is 48.9 Å². The molecule has 5 heteroatoms. The van der Waals surface area contributed by atoms with Crippen LogP contribution in [0.4, 0.5) is 0 Å². The van der Waals surface area contributed by atoms with Gasteiger partial charge in [-0.2, -0.15) is 0 Å². The number of carbonyl (C=O) groups is 2. The van der Waals surface area contributed by atoms with Gasteiger partial charge < -0.3 is 9.64 Å². The van der Waals surface area contributed by atoms with E-state index in [9.17, 15) is 9.59 Å². The molecule has 0 aliphatic carbocycles. The van der Waals surface area contributed by atoms with E-state index in [4.69, 9.17) is 4.74 Å². The lowest BCUT2D eigenvalue weighted by Gasteiger charge is -2.31. The third kappa shape index (κ3) is 5.07. The fraction of sp³-hybridized carbons (Fsp3) is 0.355. The number of ether oxygens (including phenoxy) is 1. The van der Waals surface area contributed by atoms with E-state index < -0.39 is 12.0 Å². The van der Waals surface area contributed by atoms with Crippen molar-refractivity contribution in [1.29, 1.82) is 0 Å². The van der Waals surface area contributed by atoms with Crippen molar-refractivity contribution in [1.82, 2.24) is 9.80 Å². The Labute approximate surface area is 213 Å². The summed E-state index contributed by atoms with van der Waals surface area (Å²) in [6.07, 6.45) is 3.88. The number of amides is 1. The molecule has 0 N–H and O–H groups in total. The fourth-order valence-corrected chi connectivity index (χ4v) is 6.04. The number of carbonyl (C=O) groups excluding carboxylic acids is 2. The molecule has 5 rings (SSSR count). The number of rotatable bonds is 7. The molecule has 2 fully saturated rings. The van der Waals surface area contributed by atoms with Crippen molar-refractivity contribution in [2.45, 2.75) is 49.7 Å². The van der Waals surface area contributed by atoms with Crippen LogP contribution in [0.1, 0.15) is 41.9 Å². The first-order valence-electron chi connectivity index (χ1n) is 12.9. The minimum atomic E-state index is -0.569. The summed E-state index contributed by atoms with van der Waals surface area (Å²) in [6.45, 7) is 1.54. The van der Waals surface area contributed by atoms with Gasteiger partial charge in [-0.1, -0.05) is 91.0 Å². The van der Waals surface area contributed by atoms with Crippen LogP contribution in [0.2, 0.25) is 0 Å². The number of nitrogens with zero attached hydrogens (tertiary/aromatic N) is 2. The van der Waals surface area contributed by atoms with E-state index in [1.807, 2.05) is 66.7 Å². The van der Waals surface area contributed by atoms with Gasteiger partial charge in [-0.25, -0.2) is 4.79 Å². The Bertz CT molecular complexity index is 1110. The summed E-state index contributed by atoms with van der Waals surface area (Å²) in [5.41, 5.74) is 3.20. The molecule has 1 amide bonds. The summed E-state index contributed by atoms with van der Waals surface area (Å²) in [6, 6.07) is 30.3. The fourth-order valence-electron chi connectivity index (χ4n) is 6.04. The van der Waals surface area contributed by atoms with Crippen LogP contribution < -0.4 is 0 Å². The molecular weight excluding hydrogens is 448 g/mol. The molecule has 2 heterocycles. The van der Waals surface area contributed by atoms with Gasteiger partial charge in [0.2, 0.25) is 5.91 Å². The summed E-state index contributed by atoms with van der Waals surface area (Å²) >= 11 is 0. The topological polar surface area (TPSA) is 49.9 Å². The highest BCUT2D eigenvalue weighted by Crippen LogP contribution is 2.34. The average molecular weight is 483 g/mol. The average Bonchev–Trinajstić information content (AvgIpc) is 3.57. The first-order chi connectivity index (χ1) is 17.7. The van der Waals surface area contributed by atoms with Crippen LogP contribution >= 0.6 is 0 Å². The molecule has 2 aliphatic rings. The van der Waals surface area contributed by atoms with Gasteiger partial charge in [0.05, 0.1) is 13.0 Å². The van der Waals surface area contributed by atoms with Crippen LogP contribution in [0, 0.1) is 0 Å². The summed E-state index contributed by atoms with van der Waals surface area (Å²) in [4.78, 5) is 31.5. The first-order valence-corrected chi connectivity index (χ1v) is 12.9. The van der Waals surface area contributed by atoms with Crippen molar-refractivity contribution in [2.24, 2.45) is 0 Å². The summed E-state index contributed by atoms with van der Waals surface area (Å²) in [5.74, 6) is -0.828. The van der Waals surface area contributed by atoms with E-state index in [1.54, 1.807) is 4.90 Å². The smallest absolute Gasteiger partial charge is 0.328 e. The molecule has 0 spiro atoms. The van der Waals surface area contributed by atoms with E-state index in [0.717, 1.165) is 36.9 Å². The quantitative estimate of drug-likeness (QED) is 0.460. The standard InChI is InChI=1S/C31H34N2O3/c1-36-31(35)28-21-27(32-19-11-18-26(32)20-23-12-5-2-6-13-23)22-33(28)30(34)29(24-14-7-3-8-15-24)25-16-9-4-10-17-25/h2-10,12-17,26-29H,11,18-22H2,1H3. The number of hydrogen-bond acceptors (Lipinski definition) is 4. The number of benzene rings is 3. The van der Waals surface area contributed by atoms with Crippen molar-refractivity contribution in [3.63, 3.8) is 0 Å². The zero-order chi connectivity index (χ0) is 24.9. The zero-order valence-corrected chi connectivity index (χ0v) is 20.8. The predicted molar refractivity (Wildman–Crippen MR) is 141 cm³/mol. The predicted octanol–water partition coefficient (Wildman–Crippen LogP) is 4.67. The van der Waals surface area contributed by atoms with Crippen molar-refractivity contribution in [3.05, 3.63) is 108 Å². The van der Waals surface area contributed by atoms with Gasteiger partial charge in [0.25, 0.3) is 0 Å². The third-order valence-electron chi connectivity index (χ3n) is 7.75. The maximum atomic E-state index is 14.2. The molecule has 5 nitrogen and oxygen atoms in total. The summed E-state index contributed by atoms with van der Waals surface area (Å²) in [5, 5.41) is 0. The highest BCUT2D eigenvalue weighted by molar-refractivity contribution is 5.91. The maximum Gasteiger partial charge on any atom is 0.328 e. The van der Waals surface area contributed by atoms with Crippen LogP contribution in [0.3, 0.4) is 0 Å². The molecule has 2 saturated heterocycles. The lowest BCUT2D eigenvalue weighted by atomic mass is 9.90. The Hall–Kier alpha value is -3.44. The third-order valence-corrected chi connectivity index (χ3v) is 7.75. The number of hydrogen-bond donors (Lipinski definition) is 0. The number of likely N-dealkylation sites (tertiary alicyclic amines) is 2. The Morgan fingerprint density at radius 2 is 1.47 bits per heavy atom. The largest absolute Gasteiger partial charge is 0.467 e. The van der Waals surface area contributed by atoms with Gasteiger partial charge in [-0.15, -0.1) is 0 Å². The van der Waals surface area contributed by atoms with E-state index in [-0.39, 0.29) is 17.9 Å². The first kappa shape index (κ1) is 24.3. The van der Waals surface area contributed by atoms with Crippen LogP contribution in [0.25, 0.3) is 0 Å². The van der Waals surface area contributed by atoms with Gasteiger partial charge >= 0.3 is 5.97 Å². The van der Waals surface area contributed by atoms with E-state index in [1.165, 1.54) is 12.7 Å². The van der Waals surface area contributed by atoms with E-state index in [0.29, 0.717) is 19.0 Å². The molecule has 0 aromatic heterocycles. The second-order valence-corrected chi connectivity index (χ2v) is 9.90. The van der Waals surface area contributed by atoms with Crippen LogP contribution in [-0.4, -0.2) is 60.0 Å². The van der Waals surface area contributed by atoms with Crippen molar-refractivity contribution >= 4 is 11.9 Å². The highest BCUT2D eigenvalue weighted by atomic mass is 16.5. The summed E-state index contributed by atoms with van der Waals surface area (Å²) < 4.78 is 5.19. The number of esters is 1. The van der Waals surface area contributed by atoms with Crippen molar-refractivity contribution in [3.8, 4) is 0 Å². The Morgan fingerprint density at radius 3 is 2.06 bits per heavy atom. The molecule has 2 aliphatic heterocycles.